The Hall–Kier alpha value is -1.99. The molecule has 140 valence electrons. The van der Waals surface area contributed by atoms with Crippen molar-refractivity contribution in [3.8, 4) is 0 Å². The van der Waals surface area contributed by atoms with Crippen molar-refractivity contribution >= 4 is 5.91 Å². The Labute approximate surface area is 153 Å². The molecule has 5 unspecified atom stereocenters. The van der Waals surface area contributed by atoms with Gasteiger partial charge in [0.1, 0.15) is 6.04 Å². The van der Waals surface area contributed by atoms with Crippen LogP contribution in [0.5, 0.6) is 0 Å². The molecule has 1 aliphatic heterocycles. The van der Waals surface area contributed by atoms with Gasteiger partial charge in [0.2, 0.25) is 11.9 Å². The third-order valence-electron chi connectivity index (χ3n) is 6.44. The van der Waals surface area contributed by atoms with Crippen LogP contribution in [0.15, 0.2) is 24.3 Å². The van der Waals surface area contributed by atoms with Gasteiger partial charge in [-0.1, -0.05) is 24.3 Å². The minimum Gasteiger partial charge on any atom is -0.337 e. The van der Waals surface area contributed by atoms with Crippen molar-refractivity contribution in [3.05, 3.63) is 45.5 Å². The molecule has 0 bridgehead atoms. The number of benzene rings is 1. The highest BCUT2D eigenvalue weighted by atomic mass is 16.6. The number of likely N-dealkylation sites (N-methyl/N-ethyl adjacent to an activating group) is 1. The summed E-state index contributed by atoms with van der Waals surface area (Å²) in [5.41, 5.74) is 8.91. The highest BCUT2D eigenvalue weighted by Crippen LogP contribution is 2.36. The summed E-state index contributed by atoms with van der Waals surface area (Å²) in [6, 6.07) is 7.66. The molecule has 2 aliphatic carbocycles. The van der Waals surface area contributed by atoms with Crippen molar-refractivity contribution in [2.75, 3.05) is 7.05 Å². The third-order valence-corrected chi connectivity index (χ3v) is 6.44. The molecule has 7 nitrogen and oxygen atoms in total. The first kappa shape index (κ1) is 17.4. The zero-order valence-electron chi connectivity index (χ0n) is 15.1. The third kappa shape index (κ3) is 2.99. The molecule has 1 aromatic rings. The normalized spacial score (nSPS) is 33.2. The topological polar surface area (TPSA) is 87.5 Å². The Kier molecular flexibility index (Phi) is 4.67. The van der Waals surface area contributed by atoms with E-state index in [4.69, 9.17) is 0 Å². The van der Waals surface area contributed by atoms with E-state index in [-0.39, 0.29) is 34.9 Å². The van der Waals surface area contributed by atoms with E-state index in [1.807, 2.05) is 18.0 Å². The van der Waals surface area contributed by atoms with Gasteiger partial charge in [0.25, 0.3) is 0 Å². The quantitative estimate of drug-likeness (QED) is 0.636. The summed E-state index contributed by atoms with van der Waals surface area (Å²) in [6.45, 7) is 0. The largest absolute Gasteiger partial charge is 0.337 e. The van der Waals surface area contributed by atoms with Gasteiger partial charge in [-0.2, -0.15) is 0 Å². The standard InChI is InChI=1S/C19H26N4O3/c1-22(17-8-4-6-12-5-2-3-7-14(12)17)19(24)18-15-11-13(23(25)26)9-10-16(15)20-21-18/h2-3,5,7,13,15-18,20-21H,4,6,8-11H2,1H3. The van der Waals surface area contributed by atoms with Crippen LogP contribution in [0.2, 0.25) is 0 Å². The van der Waals surface area contributed by atoms with Crippen molar-refractivity contribution in [2.24, 2.45) is 5.92 Å². The summed E-state index contributed by atoms with van der Waals surface area (Å²) in [5.74, 6) is 0.0173. The number of aryl methyl sites for hydroxylation is 1. The highest BCUT2D eigenvalue weighted by Gasteiger charge is 2.48. The number of hydrogen-bond acceptors (Lipinski definition) is 5. The van der Waals surface area contributed by atoms with Crippen molar-refractivity contribution < 1.29 is 9.72 Å². The van der Waals surface area contributed by atoms with Gasteiger partial charge < -0.3 is 4.90 Å². The number of fused-ring (bicyclic) bond motifs is 2. The van der Waals surface area contributed by atoms with Crippen LogP contribution in [0.1, 0.15) is 49.3 Å². The van der Waals surface area contributed by atoms with Crippen LogP contribution in [0.25, 0.3) is 0 Å². The number of hydrogen-bond donors (Lipinski definition) is 2. The number of carbonyl (C=O) groups is 1. The Morgan fingerprint density at radius 3 is 2.85 bits per heavy atom. The molecule has 4 rings (SSSR count). The fourth-order valence-corrected chi connectivity index (χ4v) is 4.97. The van der Waals surface area contributed by atoms with Crippen molar-refractivity contribution in [1.82, 2.24) is 15.8 Å². The van der Waals surface area contributed by atoms with Crippen LogP contribution in [0, 0.1) is 16.0 Å². The second-order valence-corrected chi connectivity index (χ2v) is 7.84. The lowest BCUT2D eigenvalue weighted by Crippen LogP contribution is -2.49. The van der Waals surface area contributed by atoms with Gasteiger partial charge in [-0.25, -0.2) is 5.43 Å². The van der Waals surface area contributed by atoms with Crippen LogP contribution in [0.4, 0.5) is 0 Å². The van der Waals surface area contributed by atoms with Gasteiger partial charge in [0, 0.05) is 36.8 Å². The van der Waals surface area contributed by atoms with Crippen LogP contribution >= 0.6 is 0 Å². The lowest BCUT2D eigenvalue weighted by atomic mass is 9.78. The lowest BCUT2D eigenvalue weighted by Gasteiger charge is -2.36. The molecule has 0 aromatic heterocycles. The van der Waals surface area contributed by atoms with E-state index in [0.29, 0.717) is 12.8 Å². The number of carbonyl (C=O) groups excluding carboxylic acids is 1. The van der Waals surface area contributed by atoms with Crippen LogP contribution in [0.3, 0.4) is 0 Å². The van der Waals surface area contributed by atoms with Gasteiger partial charge in [0.15, 0.2) is 0 Å². The molecule has 1 saturated carbocycles. The second kappa shape index (κ2) is 6.96. The Balaban J connectivity index is 1.52. The summed E-state index contributed by atoms with van der Waals surface area (Å²) in [4.78, 5) is 26.1. The fraction of sp³-hybridized carbons (Fsp3) is 0.632. The van der Waals surface area contributed by atoms with Crippen LogP contribution < -0.4 is 10.9 Å². The predicted octanol–water partition coefficient (Wildman–Crippen LogP) is 1.81. The van der Waals surface area contributed by atoms with Crippen molar-refractivity contribution in [2.45, 2.75) is 62.7 Å². The fourth-order valence-electron chi connectivity index (χ4n) is 4.97. The summed E-state index contributed by atoms with van der Waals surface area (Å²) in [5, 5.41) is 11.2. The number of nitrogens with one attached hydrogen (secondary N) is 2. The van der Waals surface area contributed by atoms with E-state index in [1.54, 1.807) is 0 Å². The molecular formula is C19H26N4O3. The van der Waals surface area contributed by atoms with E-state index in [0.717, 1.165) is 25.7 Å². The first-order valence-electron chi connectivity index (χ1n) is 9.55. The number of hydrazine groups is 1. The summed E-state index contributed by atoms with van der Waals surface area (Å²) < 4.78 is 0. The monoisotopic (exact) mass is 358 g/mol. The average Bonchev–Trinajstić information content (AvgIpc) is 3.09. The van der Waals surface area contributed by atoms with E-state index < -0.39 is 6.04 Å². The number of nitro groups is 1. The van der Waals surface area contributed by atoms with E-state index >= 15 is 0 Å². The predicted molar refractivity (Wildman–Crippen MR) is 96.9 cm³/mol. The Morgan fingerprint density at radius 1 is 1.23 bits per heavy atom. The van der Waals surface area contributed by atoms with Gasteiger partial charge in [-0.3, -0.25) is 20.3 Å². The van der Waals surface area contributed by atoms with Crippen molar-refractivity contribution in [1.29, 1.82) is 0 Å². The maximum absolute atomic E-state index is 13.2. The van der Waals surface area contributed by atoms with Crippen LogP contribution in [-0.2, 0) is 11.2 Å². The smallest absolute Gasteiger partial charge is 0.241 e. The second-order valence-electron chi connectivity index (χ2n) is 7.84. The molecule has 1 amide bonds. The first-order chi connectivity index (χ1) is 12.6. The zero-order chi connectivity index (χ0) is 18.3. The van der Waals surface area contributed by atoms with Gasteiger partial charge in [-0.15, -0.1) is 0 Å². The molecule has 1 saturated heterocycles. The van der Waals surface area contributed by atoms with E-state index in [2.05, 4.69) is 29.1 Å². The van der Waals surface area contributed by atoms with Gasteiger partial charge >= 0.3 is 0 Å². The van der Waals surface area contributed by atoms with Crippen LogP contribution in [-0.4, -0.2) is 40.9 Å². The number of rotatable bonds is 3. The SMILES string of the molecule is CN(C(=O)C1NNC2CCC([N+](=O)[O-])CC21)C1CCCc2ccccc21. The van der Waals surface area contributed by atoms with Crippen molar-refractivity contribution in [3.63, 3.8) is 0 Å². The first-order valence-corrected chi connectivity index (χ1v) is 9.55. The molecule has 0 spiro atoms. The minimum absolute atomic E-state index is 0.0204. The molecule has 0 radical (unpaired) electrons. The zero-order valence-corrected chi connectivity index (χ0v) is 15.1. The van der Waals surface area contributed by atoms with Gasteiger partial charge in [0.05, 0.1) is 6.04 Å². The Bertz CT molecular complexity index is 710. The summed E-state index contributed by atoms with van der Waals surface area (Å²) >= 11 is 0. The lowest BCUT2D eigenvalue weighted by molar-refractivity contribution is -0.528. The molecule has 2 fully saturated rings. The minimum atomic E-state index is -0.533. The maximum Gasteiger partial charge on any atom is 0.241 e. The molecule has 5 atom stereocenters. The number of nitrogens with zero attached hydrogens (tertiary/aromatic N) is 2. The number of amides is 1. The average molecular weight is 358 g/mol. The molecule has 1 aromatic carbocycles. The molecule has 1 heterocycles. The van der Waals surface area contributed by atoms with E-state index in [1.165, 1.54) is 11.1 Å². The maximum atomic E-state index is 13.2. The van der Waals surface area contributed by atoms with E-state index in [9.17, 15) is 14.9 Å². The Morgan fingerprint density at radius 2 is 2.04 bits per heavy atom. The molecule has 7 heteroatoms. The molecule has 26 heavy (non-hydrogen) atoms. The summed E-state index contributed by atoms with van der Waals surface area (Å²) in [6.07, 6.45) is 4.88. The highest BCUT2D eigenvalue weighted by molar-refractivity contribution is 5.83. The summed E-state index contributed by atoms with van der Waals surface area (Å²) in [7, 11) is 1.87. The molecule has 2 N–H and O–H groups in total. The molecule has 3 aliphatic rings. The molecular weight excluding hydrogens is 332 g/mol. The van der Waals surface area contributed by atoms with Gasteiger partial charge in [-0.05, 0) is 36.8 Å².